The van der Waals surface area contributed by atoms with Crippen LogP contribution in [-0.2, 0) is 14.8 Å². The van der Waals surface area contributed by atoms with Gasteiger partial charge in [0.1, 0.15) is 0 Å². The number of hydrogen-bond acceptors (Lipinski definition) is 4. The standard InChI is InChI=1S/C13H18BrNO4S/c1-8(2)4-5-19-13(16)10-6-11(14)9(3)12(7-10)20(15,17)18/h6-8H,4-5H2,1-3H3,(H2,15,17,18). The zero-order valence-corrected chi connectivity index (χ0v) is 14.0. The average Bonchev–Trinajstić information content (AvgIpc) is 2.30. The molecule has 0 saturated carbocycles. The molecule has 0 atom stereocenters. The first-order valence-electron chi connectivity index (χ1n) is 6.13. The van der Waals surface area contributed by atoms with E-state index in [0.29, 0.717) is 22.6 Å². The Kier molecular flexibility index (Phi) is 5.73. The van der Waals surface area contributed by atoms with Crippen molar-refractivity contribution in [3.05, 3.63) is 27.7 Å². The van der Waals surface area contributed by atoms with Crippen molar-refractivity contribution in [1.29, 1.82) is 0 Å². The van der Waals surface area contributed by atoms with Crippen LogP contribution in [0.2, 0.25) is 0 Å². The van der Waals surface area contributed by atoms with Crippen LogP contribution in [0.4, 0.5) is 0 Å². The van der Waals surface area contributed by atoms with Crippen LogP contribution in [0.5, 0.6) is 0 Å². The van der Waals surface area contributed by atoms with Gasteiger partial charge in [-0.05, 0) is 37.0 Å². The molecule has 0 fully saturated rings. The van der Waals surface area contributed by atoms with Gasteiger partial charge in [-0.15, -0.1) is 0 Å². The number of benzene rings is 1. The molecule has 2 N–H and O–H groups in total. The van der Waals surface area contributed by atoms with E-state index in [-0.39, 0.29) is 10.5 Å². The highest BCUT2D eigenvalue weighted by atomic mass is 79.9. The molecular formula is C13H18BrNO4S. The topological polar surface area (TPSA) is 86.5 Å². The summed E-state index contributed by atoms with van der Waals surface area (Å²) in [6.07, 6.45) is 0.751. The lowest BCUT2D eigenvalue weighted by molar-refractivity contribution is 0.0487. The molecule has 0 heterocycles. The molecule has 0 aliphatic rings. The molecule has 1 rings (SSSR count). The number of ether oxygens (including phenoxy) is 1. The molecule has 0 saturated heterocycles. The summed E-state index contributed by atoms with van der Waals surface area (Å²) in [6.45, 7) is 5.95. The fourth-order valence-corrected chi connectivity index (χ4v) is 2.96. The molecule has 7 heteroatoms. The van der Waals surface area contributed by atoms with Gasteiger partial charge in [0.2, 0.25) is 10.0 Å². The van der Waals surface area contributed by atoms with Crippen LogP contribution in [0.15, 0.2) is 21.5 Å². The van der Waals surface area contributed by atoms with Crippen LogP contribution in [-0.4, -0.2) is 21.0 Å². The van der Waals surface area contributed by atoms with Gasteiger partial charge in [0.05, 0.1) is 17.1 Å². The molecule has 0 bridgehead atoms. The number of sulfonamides is 1. The maximum Gasteiger partial charge on any atom is 0.338 e. The third kappa shape index (κ3) is 4.57. The summed E-state index contributed by atoms with van der Waals surface area (Å²) in [6, 6.07) is 2.77. The van der Waals surface area contributed by atoms with E-state index in [4.69, 9.17) is 9.88 Å². The van der Waals surface area contributed by atoms with Gasteiger partial charge in [0.15, 0.2) is 0 Å². The summed E-state index contributed by atoms with van der Waals surface area (Å²) in [5.74, 6) is -0.135. The summed E-state index contributed by atoms with van der Waals surface area (Å²) in [4.78, 5) is 11.8. The van der Waals surface area contributed by atoms with E-state index in [9.17, 15) is 13.2 Å². The van der Waals surface area contributed by atoms with E-state index in [1.165, 1.54) is 12.1 Å². The normalized spacial score (nSPS) is 11.7. The van der Waals surface area contributed by atoms with E-state index in [1.807, 2.05) is 13.8 Å². The number of hydrogen-bond donors (Lipinski definition) is 1. The van der Waals surface area contributed by atoms with Crippen molar-refractivity contribution < 1.29 is 17.9 Å². The van der Waals surface area contributed by atoms with Gasteiger partial charge in [0.25, 0.3) is 0 Å². The molecular weight excluding hydrogens is 346 g/mol. The van der Waals surface area contributed by atoms with Gasteiger partial charge in [-0.3, -0.25) is 0 Å². The molecule has 112 valence electrons. The fraction of sp³-hybridized carbons (Fsp3) is 0.462. The minimum atomic E-state index is -3.88. The van der Waals surface area contributed by atoms with E-state index < -0.39 is 16.0 Å². The zero-order chi connectivity index (χ0) is 15.5. The van der Waals surface area contributed by atoms with Crippen LogP contribution in [0, 0.1) is 12.8 Å². The predicted octanol–water partition coefficient (Wildman–Crippen LogP) is 2.61. The number of halogens is 1. The van der Waals surface area contributed by atoms with Gasteiger partial charge >= 0.3 is 5.97 Å². The SMILES string of the molecule is Cc1c(Br)cc(C(=O)OCCC(C)C)cc1S(N)(=O)=O. The molecule has 1 aromatic carbocycles. The highest BCUT2D eigenvalue weighted by Crippen LogP contribution is 2.25. The second kappa shape index (κ2) is 6.69. The average molecular weight is 364 g/mol. The van der Waals surface area contributed by atoms with E-state index in [1.54, 1.807) is 6.92 Å². The molecule has 0 aromatic heterocycles. The lowest BCUT2D eigenvalue weighted by atomic mass is 10.1. The molecule has 5 nitrogen and oxygen atoms in total. The quantitative estimate of drug-likeness (QED) is 0.814. The van der Waals surface area contributed by atoms with E-state index >= 15 is 0 Å². The number of carbonyl (C=O) groups excluding carboxylic acids is 1. The first-order valence-corrected chi connectivity index (χ1v) is 8.47. The van der Waals surface area contributed by atoms with Crippen LogP contribution >= 0.6 is 15.9 Å². The van der Waals surface area contributed by atoms with E-state index in [0.717, 1.165) is 6.42 Å². The number of esters is 1. The second-order valence-corrected chi connectivity index (χ2v) is 7.33. The summed E-state index contributed by atoms with van der Waals surface area (Å²) < 4.78 is 28.6. The van der Waals surface area contributed by atoms with Crippen molar-refractivity contribution in [2.24, 2.45) is 11.1 Å². The summed E-state index contributed by atoms with van der Waals surface area (Å²) >= 11 is 3.22. The third-order valence-electron chi connectivity index (χ3n) is 2.77. The molecule has 0 aliphatic carbocycles. The lowest BCUT2D eigenvalue weighted by Gasteiger charge is -2.10. The Balaban J connectivity index is 3.03. The van der Waals surface area contributed by atoms with Crippen LogP contribution in [0.3, 0.4) is 0 Å². The van der Waals surface area contributed by atoms with Crippen LogP contribution < -0.4 is 5.14 Å². The van der Waals surface area contributed by atoms with Crippen LogP contribution in [0.1, 0.15) is 36.2 Å². The predicted molar refractivity (Wildman–Crippen MR) is 80.0 cm³/mol. The number of primary sulfonamides is 1. The Labute approximate surface area is 127 Å². The highest BCUT2D eigenvalue weighted by Gasteiger charge is 2.18. The molecule has 0 aliphatic heterocycles. The molecule has 20 heavy (non-hydrogen) atoms. The van der Waals surface area contributed by atoms with Crippen molar-refractivity contribution in [3.8, 4) is 0 Å². The first-order chi connectivity index (χ1) is 9.12. The van der Waals surface area contributed by atoms with Crippen LogP contribution in [0.25, 0.3) is 0 Å². The Hall–Kier alpha value is -0.920. The van der Waals surface area contributed by atoms with Crippen molar-refractivity contribution in [2.45, 2.75) is 32.1 Å². The number of rotatable bonds is 5. The van der Waals surface area contributed by atoms with Crippen molar-refractivity contribution in [1.82, 2.24) is 0 Å². The molecule has 0 radical (unpaired) electrons. The molecule has 0 unspecified atom stereocenters. The molecule has 1 aromatic rings. The Morgan fingerprint density at radius 3 is 2.50 bits per heavy atom. The zero-order valence-electron chi connectivity index (χ0n) is 11.6. The Morgan fingerprint density at radius 1 is 1.40 bits per heavy atom. The van der Waals surface area contributed by atoms with Crippen molar-refractivity contribution in [3.63, 3.8) is 0 Å². The Morgan fingerprint density at radius 2 is 2.00 bits per heavy atom. The Bertz CT molecular complexity index is 611. The number of carbonyl (C=O) groups is 1. The fourth-order valence-electron chi connectivity index (χ4n) is 1.54. The minimum absolute atomic E-state index is 0.0808. The molecule has 0 spiro atoms. The van der Waals surface area contributed by atoms with Gasteiger partial charge in [-0.2, -0.15) is 0 Å². The smallest absolute Gasteiger partial charge is 0.338 e. The van der Waals surface area contributed by atoms with E-state index in [2.05, 4.69) is 15.9 Å². The monoisotopic (exact) mass is 363 g/mol. The largest absolute Gasteiger partial charge is 0.462 e. The summed E-state index contributed by atoms with van der Waals surface area (Å²) in [7, 11) is -3.88. The second-order valence-electron chi connectivity index (χ2n) is 4.94. The molecule has 0 amide bonds. The summed E-state index contributed by atoms with van der Waals surface area (Å²) in [5, 5.41) is 5.13. The van der Waals surface area contributed by atoms with Gasteiger partial charge in [-0.25, -0.2) is 18.4 Å². The van der Waals surface area contributed by atoms with Crippen molar-refractivity contribution in [2.75, 3.05) is 6.61 Å². The maximum atomic E-state index is 11.9. The van der Waals surface area contributed by atoms with Gasteiger partial charge in [0, 0.05) is 4.47 Å². The summed E-state index contributed by atoms with van der Waals surface area (Å²) in [5.41, 5.74) is 0.626. The van der Waals surface area contributed by atoms with Gasteiger partial charge in [-0.1, -0.05) is 29.8 Å². The van der Waals surface area contributed by atoms with Gasteiger partial charge < -0.3 is 4.74 Å². The number of nitrogens with two attached hydrogens (primary N) is 1. The lowest BCUT2D eigenvalue weighted by Crippen LogP contribution is -2.16. The minimum Gasteiger partial charge on any atom is -0.462 e. The highest BCUT2D eigenvalue weighted by molar-refractivity contribution is 9.10. The third-order valence-corrected chi connectivity index (χ3v) is 4.63. The maximum absolute atomic E-state index is 11.9. The van der Waals surface area contributed by atoms with Crippen molar-refractivity contribution >= 4 is 31.9 Å². The first kappa shape index (κ1) is 17.1.